The first-order valence-electron chi connectivity index (χ1n) is 7.17. The molecule has 0 radical (unpaired) electrons. The van der Waals surface area contributed by atoms with E-state index < -0.39 is 6.04 Å². The van der Waals surface area contributed by atoms with Gasteiger partial charge in [0.25, 0.3) is 0 Å². The molecule has 0 fully saturated rings. The van der Waals surface area contributed by atoms with Crippen molar-refractivity contribution in [2.45, 2.75) is 31.8 Å². The van der Waals surface area contributed by atoms with Gasteiger partial charge in [-0.25, -0.2) is 0 Å². The lowest BCUT2D eigenvalue weighted by Gasteiger charge is -2.12. The summed E-state index contributed by atoms with van der Waals surface area (Å²) in [5, 5.41) is 5.27. The average Bonchev–Trinajstić information content (AvgIpc) is 2.51. The molecule has 21 heavy (non-hydrogen) atoms. The molecule has 6 heteroatoms. The topological polar surface area (TPSA) is 110 Å². The molecule has 0 aliphatic carbocycles. The van der Waals surface area contributed by atoms with Crippen LogP contribution >= 0.6 is 0 Å². The van der Waals surface area contributed by atoms with Crippen LogP contribution in [0.5, 0.6) is 0 Å². The van der Waals surface area contributed by atoms with E-state index in [1.165, 1.54) is 0 Å². The second-order valence-corrected chi connectivity index (χ2v) is 4.87. The third-order valence-corrected chi connectivity index (χ3v) is 3.06. The lowest BCUT2D eigenvalue weighted by Crippen LogP contribution is -2.44. The molecule has 0 unspecified atom stereocenters. The lowest BCUT2D eigenvalue weighted by molar-refractivity contribution is -0.127. The van der Waals surface area contributed by atoms with Gasteiger partial charge in [0.2, 0.25) is 11.8 Å². The Morgan fingerprint density at radius 1 is 1.10 bits per heavy atom. The van der Waals surface area contributed by atoms with Crippen molar-refractivity contribution in [1.29, 1.82) is 0 Å². The number of unbranched alkanes of at least 4 members (excludes halogenated alkanes) is 1. The zero-order valence-corrected chi connectivity index (χ0v) is 12.2. The average molecular weight is 292 g/mol. The van der Waals surface area contributed by atoms with E-state index in [2.05, 4.69) is 10.6 Å². The molecule has 116 valence electrons. The van der Waals surface area contributed by atoms with Gasteiger partial charge in [-0.3, -0.25) is 9.59 Å². The summed E-state index contributed by atoms with van der Waals surface area (Å²) in [5.74, 6) is -0.539. The van der Waals surface area contributed by atoms with Crippen LogP contribution in [0.3, 0.4) is 0 Å². The Morgan fingerprint density at radius 3 is 2.48 bits per heavy atom. The Hall–Kier alpha value is -1.92. The Labute approximate surface area is 125 Å². The van der Waals surface area contributed by atoms with Crippen molar-refractivity contribution in [2.75, 3.05) is 13.1 Å². The molecule has 6 nitrogen and oxygen atoms in total. The Morgan fingerprint density at radius 2 is 1.81 bits per heavy atom. The third-order valence-electron chi connectivity index (χ3n) is 3.06. The van der Waals surface area contributed by atoms with Crippen LogP contribution in [0.2, 0.25) is 0 Å². The smallest absolute Gasteiger partial charge is 0.239 e. The number of carbonyl (C=O) groups excluding carboxylic acids is 2. The van der Waals surface area contributed by atoms with Gasteiger partial charge in [0, 0.05) is 6.54 Å². The van der Waals surface area contributed by atoms with Crippen LogP contribution in [-0.2, 0) is 16.1 Å². The van der Waals surface area contributed by atoms with Gasteiger partial charge in [-0.2, -0.15) is 0 Å². The van der Waals surface area contributed by atoms with Gasteiger partial charge in [0.15, 0.2) is 0 Å². The summed E-state index contributed by atoms with van der Waals surface area (Å²) in [4.78, 5) is 23.3. The normalized spacial score (nSPS) is 11.7. The molecule has 0 aliphatic rings. The molecule has 1 aromatic carbocycles. The number of benzene rings is 1. The largest absolute Gasteiger partial charge is 0.350 e. The number of carbonyl (C=O) groups is 2. The second-order valence-electron chi connectivity index (χ2n) is 4.87. The first kappa shape index (κ1) is 17.1. The van der Waals surface area contributed by atoms with Crippen molar-refractivity contribution in [2.24, 2.45) is 11.5 Å². The third kappa shape index (κ3) is 7.43. The Balaban J connectivity index is 2.18. The van der Waals surface area contributed by atoms with Crippen LogP contribution in [0.1, 0.15) is 24.8 Å². The quantitative estimate of drug-likeness (QED) is 0.475. The highest BCUT2D eigenvalue weighted by Crippen LogP contribution is 1.98. The van der Waals surface area contributed by atoms with Crippen molar-refractivity contribution in [3.63, 3.8) is 0 Å². The zero-order chi connectivity index (χ0) is 15.5. The maximum atomic E-state index is 11.7. The molecule has 1 rings (SSSR count). The molecule has 0 spiro atoms. The fourth-order valence-electron chi connectivity index (χ4n) is 1.80. The maximum absolute atomic E-state index is 11.7. The molecule has 0 heterocycles. The Bertz CT molecular complexity index is 437. The van der Waals surface area contributed by atoms with Crippen LogP contribution in [0, 0.1) is 0 Å². The number of amides is 2. The van der Waals surface area contributed by atoms with Crippen LogP contribution in [0.15, 0.2) is 30.3 Å². The predicted molar refractivity (Wildman–Crippen MR) is 82.2 cm³/mol. The van der Waals surface area contributed by atoms with Gasteiger partial charge >= 0.3 is 0 Å². The molecule has 0 saturated heterocycles. The summed E-state index contributed by atoms with van der Waals surface area (Å²) in [6, 6.07) is 8.99. The van der Waals surface area contributed by atoms with Gasteiger partial charge in [0.1, 0.15) is 0 Å². The van der Waals surface area contributed by atoms with Crippen LogP contribution < -0.4 is 22.1 Å². The summed E-state index contributed by atoms with van der Waals surface area (Å²) in [5.41, 5.74) is 12.1. The molecule has 0 aromatic heterocycles. The van der Waals surface area contributed by atoms with E-state index in [1.807, 2.05) is 30.3 Å². The highest BCUT2D eigenvalue weighted by molar-refractivity contribution is 5.87. The number of nitrogens with two attached hydrogens (primary N) is 2. The first-order valence-corrected chi connectivity index (χ1v) is 7.17. The SMILES string of the molecule is NCCCC[C@H](N)C(=O)NCC(=O)NCc1ccccc1. The monoisotopic (exact) mass is 292 g/mol. The summed E-state index contributed by atoms with van der Waals surface area (Å²) in [7, 11) is 0. The number of rotatable bonds is 9. The minimum Gasteiger partial charge on any atom is -0.350 e. The summed E-state index contributed by atoms with van der Waals surface area (Å²) < 4.78 is 0. The summed E-state index contributed by atoms with van der Waals surface area (Å²) in [6.45, 7) is 0.977. The highest BCUT2D eigenvalue weighted by atomic mass is 16.2. The van der Waals surface area contributed by atoms with Crippen molar-refractivity contribution in [3.8, 4) is 0 Å². The molecular weight excluding hydrogens is 268 g/mol. The summed E-state index contributed by atoms with van der Waals surface area (Å²) in [6.07, 6.45) is 2.23. The number of nitrogens with one attached hydrogen (secondary N) is 2. The van der Waals surface area contributed by atoms with Crippen molar-refractivity contribution in [1.82, 2.24) is 10.6 Å². The molecule has 0 bridgehead atoms. The van der Waals surface area contributed by atoms with Gasteiger partial charge in [-0.05, 0) is 24.9 Å². The van der Waals surface area contributed by atoms with E-state index in [-0.39, 0.29) is 18.4 Å². The molecule has 0 aliphatic heterocycles. The fourth-order valence-corrected chi connectivity index (χ4v) is 1.80. The molecule has 1 aromatic rings. The standard InChI is InChI=1S/C15H24N4O2/c16-9-5-4-8-13(17)15(21)19-11-14(20)18-10-12-6-2-1-3-7-12/h1-3,6-7,13H,4-5,8-11,16-17H2,(H,18,20)(H,19,21)/t13-/m0/s1. The van der Waals surface area contributed by atoms with E-state index in [1.54, 1.807) is 0 Å². The lowest BCUT2D eigenvalue weighted by atomic mass is 10.1. The van der Waals surface area contributed by atoms with Crippen molar-refractivity contribution < 1.29 is 9.59 Å². The molecule has 0 saturated carbocycles. The highest BCUT2D eigenvalue weighted by Gasteiger charge is 2.13. The van der Waals surface area contributed by atoms with Crippen LogP contribution in [0.25, 0.3) is 0 Å². The molecule has 1 atom stereocenters. The maximum Gasteiger partial charge on any atom is 0.239 e. The second kappa shape index (κ2) is 9.90. The van der Waals surface area contributed by atoms with E-state index >= 15 is 0 Å². The van der Waals surface area contributed by atoms with E-state index in [0.29, 0.717) is 19.5 Å². The number of hydrogen-bond acceptors (Lipinski definition) is 4. The molecular formula is C15H24N4O2. The van der Waals surface area contributed by atoms with E-state index in [9.17, 15) is 9.59 Å². The minimum atomic E-state index is -0.585. The zero-order valence-electron chi connectivity index (χ0n) is 12.2. The van der Waals surface area contributed by atoms with Gasteiger partial charge in [-0.1, -0.05) is 36.8 Å². The summed E-state index contributed by atoms with van der Waals surface area (Å²) >= 11 is 0. The number of hydrogen-bond donors (Lipinski definition) is 4. The molecule has 2 amide bonds. The molecule has 6 N–H and O–H groups in total. The van der Waals surface area contributed by atoms with Crippen molar-refractivity contribution in [3.05, 3.63) is 35.9 Å². The van der Waals surface area contributed by atoms with Gasteiger partial charge in [-0.15, -0.1) is 0 Å². The van der Waals surface area contributed by atoms with E-state index in [4.69, 9.17) is 11.5 Å². The predicted octanol–water partition coefficient (Wildman–Crippen LogP) is -0.125. The first-order chi connectivity index (χ1) is 10.1. The van der Waals surface area contributed by atoms with Crippen molar-refractivity contribution >= 4 is 11.8 Å². The fraction of sp³-hybridized carbons (Fsp3) is 0.467. The van der Waals surface area contributed by atoms with Gasteiger partial charge < -0.3 is 22.1 Å². The van der Waals surface area contributed by atoms with Gasteiger partial charge in [0.05, 0.1) is 12.6 Å². The van der Waals surface area contributed by atoms with Crippen LogP contribution in [-0.4, -0.2) is 30.9 Å². The van der Waals surface area contributed by atoms with E-state index in [0.717, 1.165) is 18.4 Å². The minimum absolute atomic E-state index is 0.0593. The Kier molecular flexibility index (Phi) is 8.08. The van der Waals surface area contributed by atoms with Crippen LogP contribution in [0.4, 0.5) is 0 Å².